The Kier molecular flexibility index (Phi) is 4.32. The number of hydrogen-bond acceptors (Lipinski definition) is 4. The van der Waals surface area contributed by atoms with Gasteiger partial charge < -0.3 is 10.4 Å². The van der Waals surface area contributed by atoms with E-state index in [0.717, 1.165) is 0 Å². The molecule has 0 saturated carbocycles. The lowest BCUT2D eigenvalue weighted by Gasteiger charge is -2.06. The molecule has 1 rings (SSSR count). The van der Waals surface area contributed by atoms with E-state index >= 15 is 0 Å². The average Bonchev–Trinajstić information content (AvgIpc) is 2.28. The molecule has 2 amide bonds. The molecule has 0 bridgehead atoms. The van der Waals surface area contributed by atoms with E-state index in [1.807, 2.05) is 0 Å². The fraction of sp³-hybridized carbons (Fsp3) is 0.273. The Morgan fingerprint density at radius 1 is 1.19 bits per heavy atom. The van der Waals surface area contributed by atoms with Gasteiger partial charge >= 0.3 is 0 Å². The number of amides is 2. The molecular weight excluding hydrogens is 208 g/mol. The van der Waals surface area contributed by atoms with Gasteiger partial charge in [0.25, 0.3) is 0 Å². The van der Waals surface area contributed by atoms with Gasteiger partial charge in [0.05, 0.1) is 6.54 Å². The Morgan fingerprint density at radius 2 is 1.81 bits per heavy atom. The molecule has 1 aromatic carbocycles. The quantitative estimate of drug-likeness (QED) is 0.660. The summed E-state index contributed by atoms with van der Waals surface area (Å²) in [4.78, 5) is 22.1. The number of aromatic hydroxyl groups is 1. The monoisotopic (exact) mass is 222 g/mol. The van der Waals surface area contributed by atoms with E-state index < -0.39 is 0 Å². The molecule has 0 spiro atoms. The van der Waals surface area contributed by atoms with E-state index in [4.69, 9.17) is 5.11 Å². The highest BCUT2D eigenvalue weighted by atomic mass is 16.3. The van der Waals surface area contributed by atoms with Gasteiger partial charge in [0, 0.05) is 12.1 Å². The molecule has 0 radical (unpaired) electrons. The third kappa shape index (κ3) is 4.00. The molecule has 3 N–H and O–H groups in total. The van der Waals surface area contributed by atoms with Crippen LogP contribution in [-0.4, -0.2) is 23.5 Å². The van der Waals surface area contributed by atoms with Crippen molar-refractivity contribution in [2.45, 2.75) is 13.3 Å². The predicted octanol–water partition coefficient (Wildman–Crippen LogP) is 0.857. The maximum Gasteiger partial charge on any atom is 0.245 e. The molecule has 86 valence electrons. The van der Waals surface area contributed by atoms with Gasteiger partial charge in [0.2, 0.25) is 11.8 Å². The van der Waals surface area contributed by atoms with Crippen LogP contribution < -0.4 is 10.6 Å². The molecule has 0 aliphatic heterocycles. The summed E-state index contributed by atoms with van der Waals surface area (Å²) >= 11 is 0. The molecule has 0 saturated heterocycles. The first-order valence-electron chi connectivity index (χ1n) is 4.97. The first-order chi connectivity index (χ1) is 7.61. The number of rotatable bonds is 4. The number of carbonyl (C=O) groups is 2. The third-order valence-corrected chi connectivity index (χ3v) is 1.92. The van der Waals surface area contributed by atoms with Crippen molar-refractivity contribution in [3.63, 3.8) is 0 Å². The second kappa shape index (κ2) is 5.75. The SMILES string of the molecule is CCC(=O)NC(=O)CNc1ccc(O)cc1. The van der Waals surface area contributed by atoms with Crippen LogP contribution in [0.5, 0.6) is 5.75 Å². The predicted molar refractivity (Wildman–Crippen MR) is 60.0 cm³/mol. The average molecular weight is 222 g/mol. The normalized spacial score (nSPS) is 9.56. The summed E-state index contributed by atoms with van der Waals surface area (Å²) in [5, 5.41) is 14.1. The molecular formula is C11H14N2O3. The van der Waals surface area contributed by atoms with Crippen molar-refractivity contribution < 1.29 is 14.7 Å². The molecule has 16 heavy (non-hydrogen) atoms. The van der Waals surface area contributed by atoms with Gasteiger partial charge in [-0.25, -0.2) is 0 Å². The zero-order chi connectivity index (χ0) is 12.0. The molecule has 0 aliphatic rings. The van der Waals surface area contributed by atoms with Crippen LogP contribution in [0.2, 0.25) is 0 Å². The van der Waals surface area contributed by atoms with E-state index in [9.17, 15) is 9.59 Å². The minimum atomic E-state index is -0.375. The molecule has 5 nitrogen and oxygen atoms in total. The molecule has 0 fully saturated rings. The van der Waals surface area contributed by atoms with Crippen molar-refractivity contribution >= 4 is 17.5 Å². The van der Waals surface area contributed by atoms with Gasteiger partial charge in [0.15, 0.2) is 0 Å². The zero-order valence-corrected chi connectivity index (χ0v) is 8.99. The Morgan fingerprint density at radius 3 is 2.38 bits per heavy atom. The fourth-order valence-electron chi connectivity index (χ4n) is 1.05. The highest BCUT2D eigenvalue weighted by Gasteiger charge is 2.04. The topological polar surface area (TPSA) is 78.4 Å². The minimum absolute atomic E-state index is 0.0243. The van der Waals surface area contributed by atoms with Crippen LogP contribution in [-0.2, 0) is 9.59 Å². The number of benzene rings is 1. The van der Waals surface area contributed by atoms with Gasteiger partial charge in [-0.05, 0) is 24.3 Å². The van der Waals surface area contributed by atoms with Crippen molar-refractivity contribution in [2.75, 3.05) is 11.9 Å². The van der Waals surface area contributed by atoms with Gasteiger partial charge in [-0.2, -0.15) is 0 Å². The van der Waals surface area contributed by atoms with E-state index in [2.05, 4.69) is 10.6 Å². The van der Waals surface area contributed by atoms with Crippen molar-refractivity contribution in [3.05, 3.63) is 24.3 Å². The smallest absolute Gasteiger partial charge is 0.245 e. The number of hydrogen-bond donors (Lipinski definition) is 3. The summed E-state index contributed by atoms with van der Waals surface area (Å²) in [5.41, 5.74) is 0.705. The van der Waals surface area contributed by atoms with E-state index in [0.29, 0.717) is 5.69 Å². The summed E-state index contributed by atoms with van der Waals surface area (Å²) in [7, 11) is 0. The van der Waals surface area contributed by atoms with Gasteiger partial charge in [0.1, 0.15) is 5.75 Å². The molecule has 1 aromatic rings. The Labute approximate surface area is 93.5 Å². The Balaban J connectivity index is 2.37. The van der Waals surface area contributed by atoms with Crippen molar-refractivity contribution in [1.29, 1.82) is 0 Å². The summed E-state index contributed by atoms with van der Waals surface area (Å²) in [5.74, 6) is -0.506. The number of imide groups is 1. The second-order valence-corrected chi connectivity index (χ2v) is 3.23. The lowest BCUT2D eigenvalue weighted by atomic mass is 10.3. The number of anilines is 1. The van der Waals surface area contributed by atoms with Gasteiger partial charge in [-0.15, -0.1) is 0 Å². The molecule has 0 aliphatic carbocycles. The summed E-state index contributed by atoms with van der Waals surface area (Å²) < 4.78 is 0. The van der Waals surface area contributed by atoms with Crippen molar-refractivity contribution in [1.82, 2.24) is 5.32 Å². The summed E-state index contributed by atoms with van der Waals surface area (Å²) in [6.45, 7) is 1.70. The van der Waals surface area contributed by atoms with Crippen LogP contribution >= 0.6 is 0 Å². The van der Waals surface area contributed by atoms with Crippen LogP contribution in [0, 0.1) is 0 Å². The Hall–Kier alpha value is -2.04. The van der Waals surface area contributed by atoms with E-state index in [1.165, 1.54) is 12.1 Å². The molecule has 5 heteroatoms. The van der Waals surface area contributed by atoms with Crippen LogP contribution in [0.3, 0.4) is 0 Å². The number of carbonyl (C=O) groups excluding carboxylic acids is 2. The van der Waals surface area contributed by atoms with E-state index in [-0.39, 0.29) is 30.5 Å². The number of phenols is 1. The zero-order valence-electron chi connectivity index (χ0n) is 8.99. The van der Waals surface area contributed by atoms with Crippen molar-refractivity contribution in [2.24, 2.45) is 0 Å². The lowest BCUT2D eigenvalue weighted by molar-refractivity contribution is -0.129. The van der Waals surface area contributed by atoms with Crippen LogP contribution in [0.1, 0.15) is 13.3 Å². The molecule has 0 aromatic heterocycles. The van der Waals surface area contributed by atoms with Crippen molar-refractivity contribution in [3.8, 4) is 5.75 Å². The van der Waals surface area contributed by atoms with Crippen LogP contribution in [0.25, 0.3) is 0 Å². The third-order valence-electron chi connectivity index (χ3n) is 1.92. The summed E-state index contributed by atoms with van der Waals surface area (Å²) in [6.07, 6.45) is 0.283. The molecule has 0 unspecified atom stereocenters. The largest absolute Gasteiger partial charge is 0.508 e. The lowest BCUT2D eigenvalue weighted by Crippen LogP contribution is -2.34. The van der Waals surface area contributed by atoms with Crippen LogP contribution in [0.15, 0.2) is 24.3 Å². The first kappa shape index (κ1) is 12.0. The minimum Gasteiger partial charge on any atom is -0.508 e. The molecule has 0 heterocycles. The maximum atomic E-state index is 11.2. The highest BCUT2D eigenvalue weighted by molar-refractivity contribution is 5.96. The standard InChI is InChI=1S/C11H14N2O3/c1-2-10(15)13-11(16)7-12-8-3-5-9(14)6-4-8/h3-6,12,14H,2,7H2,1H3,(H,13,15,16). The fourth-order valence-corrected chi connectivity index (χ4v) is 1.05. The summed E-state index contributed by atoms with van der Waals surface area (Å²) in [6, 6.07) is 6.31. The van der Waals surface area contributed by atoms with E-state index in [1.54, 1.807) is 19.1 Å². The maximum absolute atomic E-state index is 11.2. The molecule has 0 atom stereocenters. The second-order valence-electron chi connectivity index (χ2n) is 3.23. The highest BCUT2D eigenvalue weighted by Crippen LogP contribution is 2.12. The Bertz CT molecular complexity index is 373. The first-order valence-corrected chi connectivity index (χ1v) is 4.97. The van der Waals surface area contributed by atoms with Crippen LogP contribution in [0.4, 0.5) is 5.69 Å². The number of nitrogens with one attached hydrogen (secondary N) is 2. The van der Waals surface area contributed by atoms with Gasteiger partial charge in [-0.3, -0.25) is 14.9 Å². The van der Waals surface area contributed by atoms with Gasteiger partial charge in [-0.1, -0.05) is 6.92 Å². The number of phenolic OH excluding ortho intramolecular Hbond substituents is 1.